The number of carbonyl (C=O) groups is 6. The predicted octanol–water partition coefficient (Wildman–Crippen LogP) is 10.4. The van der Waals surface area contributed by atoms with Gasteiger partial charge in [-0.2, -0.15) is 20.5 Å². The van der Waals surface area contributed by atoms with Crippen LogP contribution in [0.1, 0.15) is 71.1 Å². The fraction of sp³-hybridized carbons (Fsp3) is 0.286. The molecule has 24 nitrogen and oxygen atoms in total. The van der Waals surface area contributed by atoms with Crippen molar-refractivity contribution in [1.82, 2.24) is 19.8 Å². The van der Waals surface area contributed by atoms with Gasteiger partial charge in [0.2, 0.25) is 16.1 Å². The first-order valence-corrected chi connectivity index (χ1v) is 33.5. The lowest BCUT2D eigenvalue weighted by Gasteiger charge is -2.30. The molecule has 1 saturated heterocycles. The molecule has 2 aliphatic heterocycles. The highest BCUT2D eigenvalue weighted by atomic mass is 32.2. The third kappa shape index (κ3) is 25.6. The zero-order valence-electron chi connectivity index (χ0n) is 55.6. The Bertz CT molecular complexity index is 4110. The van der Waals surface area contributed by atoms with Gasteiger partial charge in [-0.1, -0.05) is 93.4 Å². The summed E-state index contributed by atoms with van der Waals surface area (Å²) < 4.78 is 75.4. The van der Waals surface area contributed by atoms with Crippen LogP contribution in [0.2, 0.25) is 0 Å². The standard InChI is InChI=1S/C24H23NO.C19H23N5O7S.C17H16N2O2.C9H17NO2.CH4O3S/c1-4-25(5-2)19-12-14-21-23(16-19)26-22-15-17(3)11-13-20(22)24(21)18-9-7-6-8-10-18;1-12(2)18(27)31-11-5-10-20-32(29,30)14-8-6-13(7-9-14)21-22-15-16(25)23(3)19(28)24(4)17(15)26;1-12(2)17(20)21-16-10-8-15(9-11-16)19-18-14-6-4-13(3)5-7-14;1-4-10-6-5-7-12-9(11)8(2)3;1-5(2,3)4/h6-16H,3-5H2,1-2H3;6-9,15,20H,1,5,10-11H2,2-4H3;4-11H,1H2,2-3H3;10H,2,4-7H2,1,3H3;1H3,(H,2,3,4)/p-1. The lowest BCUT2D eigenvalue weighted by Crippen LogP contribution is -2.58. The van der Waals surface area contributed by atoms with Crippen molar-refractivity contribution in [1.29, 1.82) is 0 Å². The van der Waals surface area contributed by atoms with Gasteiger partial charge in [0.05, 0.1) is 45.3 Å². The molecule has 0 aliphatic carbocycles. The molecule has 4 amide bonds. The van der Waals surface area contributed by atoms with Crippen LogP contribution in [0.3, 0.4) is 0 Å². The van der Waals surface area contributed by atoms with Crippen molar-refractivity contribution in [2.24, 2.45) is 20.5 Å². The van der Waals surface area contributed by atoms with E-state index in [1.807, 2.05) is 56.3 Å². The number of sulfonamides is 1. The monoisotopic (exact) mass is 1350 g/mol. The van der Waals surface area contributed by atoms with Gasteiger partial charge in [0.25, 0.3) is 11.8 Å². The number of hydrogen-bond acceptors (Lipinski definition) is 21. The fourth-order valence-electron chi connectivity index (χ4n) is 8.24. The Morgan fingerprint density at radius 3 is 1.66 bits per heavy atom. The van der Waals surface area contributed by atoms with E-state index in [9.17, 15) is 37.2 Å². The Balaban J connectivity index is 0.000000277. The van der Waals surface area contributed by atoms with Gasteiger partial charge >= 0.3 is 23.9 Å². The summed E-state index contributed by atoms with van der Waals surface area (Å²) in [6, 6.07) is 40.8. The van der Waals surface area contributed by atoms with Crippen LogP contribution in [0.15, 0.2) is 201 Å². The molecule has 0 saturated carbocycles. The van der Waals surface area contributed by atoms with Crippen LogP contribution in [0, 0.1) is 6.92 Å². The minimum absolute atomic E-state index is 0.0368. The molecule has 2 aliphatic rings. The lowest BCUT2D eigenvalue weighted by atomic mass is 9.92. The number of nitrogens with one attached hydrogen (secondary N) is 2. The molecular weight excluding hydrogens is 1270 g/mol. The van der Waals surface area contributed by atoms with Crippen molar-refractivity contribution in [3.8, 4) is 17.2 Å². The van der Waals surface area contributed by atoms with Crippen LogP contribution in [0.4, 0.5) is 27.5 Å². The number of benzene rings is 6. The molecular formula is C70H82N9O15S2-. The summed E-state index contributed by atoms with van der Waals surface area (Å²) in [5, 5.41) is 21.0. The van der Waals surface area contributed by atoms with Crippen LogP contribution in [-0.4, -0.2) is 139 Å². The molecule has 510 valence electrons. The normalized spacial score (nSPS) is 12.6. The van der Waals surface area contributed by atoms with Gasteiger partial charge in [-0.15, -0.1) is 0 Å². The number of urea groups is 1. The zero-order valence-corrected chi connectivity index (χ0v) is 57.3. The number of ether oxygens (including phenoxy) is 4. The van der Waals surface area contributed by atoms with Crippen LogP contribution < -0.4 is 34.8 Å². The van der Waals surface area contributed by atoms with E-state index in [1.54, 1.807) is 38.1 Å². The van der Waals surface area contributed by atoms with Gasteiger partial charge < -0.3 is 33.7 Å². The maximum Gasteiger partial charge on any atom is 0.338 e. The Morgan fingerprint density at radius 2 is 1.15 bits per heavy atom. The minimum Gasteiger partial charge on any atom is -0.748 e. The van der Waals surface area contributed by atoms with Crippen LogP contribution in [0.25, 0.3) is 12.2 Å². The highest BCUT2D eigenvalue weighted by molar-refractivity contribution is 7.89. The van der Waals surface area contributed by atoms with Crippen molar-refractivity contribution in [3.63, 3.8) is 0 Å². The SMILES string of the molecule is C=C(C)C(=O)OCCCNCC.C=C(C)C(=O)OCCCNS(=O)(=O)c1ccc(N=NC2C(=O)N(C)C(=O)N(C)C2=O)cc1.C=C(C)C(=O)Oc1ccc(N=Nc2ccc(C)cc2)cc1.C=c1ccc2c(c1)Oc1cc(N(CC)CC)ccc1C=2c1ccccc1.CS(=O)(=O)[O-]. The second-order valence-electron chi connectivity index (χ2n) is 21.4. The maximum atomic E-state index is 12.3. The smallest absolute Gasteiger partial charge is 0.338 e. The van der Waals surface area contributed by atoms with E-state index >= 15 is 0 Å². The van der Waals surface area contributed by atoms with E-state index in [1.165, 1.54) is 67.7 Å². The van der Waals surface area contributed by atoms with Gasteiger partial charge in [0.1, 0.15) is 17.2 Å². The van der Waals surface area contributed by atoms with Crippen molar-refractivity contribution in [3.05, 3.63) is 203 Å². The summed E-state index contributed by atoms with van der Waals surface area (Å²) in [6.45, 7) is 32.0. The second-order valence-corrected chi connectivity index (χ2v) is 24.6. The zero-order chi connectivity index (χ0) is 71.3. The number of anilines is 1. The first kappa shape index (κ1) is 78.3. The molecule has 26 heteroatoms. The number of fused-ring (bicyclic) bond motifs is 2. The van der Waals surface area contributed by atoms with Crippen molar-refractivity contribution in [2.75, 3.05) is 71.2 Å². The average molecular weight is 1350 g/mol. The number of likely N-dealkylation sites (N-methyl/N-ethyl adjacent to an activating group) is 2. The number of barbiturate groups is 1. The number of rotatable bonds is 23. The van der Waals surface area contributed by atoms with Crippen LogP contribution >= 0.6 is 0 Å². The van der Waals surface area contributed by atoms with E-state index in [0.29, 0.717) is 35.4 Å². The molecule has 0 unspecified atom stereocenters. The van der Waals surface area contributed by atoms with Crippen LogP contribution in [-0.2, 0) is 53.6 Å². The largest absolute Gasteiger partial charge is 0.748 e. The summed E-state index contributed by atoms with van der Waals surface area (Å²) >= 11 is 0. The Hall–Kier alpha value is -10.1. The topological polar surface area (TPSA) is 314 Å². The number of nitrogens with zero attached hydrogens (tertiary/aromatic N) is 7. The third-order valence-corrected chi connectivity index (χ3v) is 14.8. The first-order chi connectivity index (χ1) is 45.4. The highest BCUT2D eigenvalue weighted by Gasteiger charge is 2.43. The molecule has 0 aromatic heterocycles. The molecule has 0 bridgehead atoms. The minimum atomic E-state index is -3.92. The van der Waals surface area contributed by atoms with Gasteiger partial charge in [-0.05, 0) is 157 Å². The van der Waals surface area contributed by atoms with E-state index < -0.39 is 56.0 Å². The molecule has 0 radical (unpaired) electrons. The number of azo groups is 2. The molecule has 0 atom stereocenters. The Kier molecular flexibility index (Phi) is 31.2. The van der Waals surface area contributed by atoms with Gasteiger partial charge in [-0.3, -0.25) is 19.4 Å². The number of imide groups is 2. The predicted molar refractivity (Wildman–Crippen MR) is 367 cm³/mol. The summed E-state index contributed by atoms with van der Waals surface area (Å²) in [7, 11) is -5.26. The Morgan fingerprint density at radius 1 is 0.646 bits per heavy atom. The molecule has 96 heavy (non-hydrogen) atoms. The molecule has 2 heterocycles. The average Bonchev–Trinajstić information content (AvgIpc) is 0.766. The molecule has 2 N–H and O–H groups in total. The molecule has 8 rings (SSSR count). The number of hydrogen-bond donors (Lipinski definition) is 2. The summed E-state index contributed by atoms with van der Waals surface area (Å²) in [6.07, 6.45) is 1.74. The first-order valence-electron chi connectivity index (χ1n) is 30.2. The number of esters is 3. The number of aryl methyl sites for hydroxylation is 1. The van der Waals surface area contributed by atoms with Gasteiger partial charge in [-0.25, -0.2) is 40.7 Å². The molecule has 6 aromatic rings. The van der Waals surface area contributed by atoms with E-state index in [-0.39, 0.29) is 41.7 Å². The maximum absolute atomic E-state index is 12.3. The quantitative estimate of drug-likeness (QED) is 0.0114. The molecule has 0 spiro atoms. The number of amides is 4. The molecule has 1 fully saturated rings. The third-order valence-electron chi connectivity index (χ3n) is 13.3. The lowest BCUT2D eigenvalue weighted by molar-refractivity contribution is -0.143. The highest BCUT2D eigenvalue weighted by Crippen LogP contribution is 2.38. The summed E-state index contributed by atoms with van der Waals surface area (Å²) in [5.41, 5.74) is 8.68. The van der Waals surface area contributed by atoms with E-state index in [0.717, 1.165) is 75.6 Å². The van der Waals surface area contributed by atoms with E-state index in [4.69, 9.17) is 31.9 Å². The van der Waals surface area contributed by atoms with Gasteiger partial charge in [0, 0.05) is 84.8 Å². The summed E-state index contributed by atoms with van der Waals surface area (Å²) in [4.78, 5) is 73.2. The Labute approximate surface area is 561 Å². The molecule has 6 aromatic carbocycles. The van der Waals surface area contributed by atoms with Gasteiger partial charge in [0.15, 0.2) is 0 Å². The van der Waals surface area contributed by atoms with Crippen molar-refractivity contribution >= 4 is 90.8 Å². The van der Waals surface area contributed by atoms with Crippen molar-refractivity contribution in [2.45, 2.75) is 72.2 Å². The fourth-order valence-corrected chi connectivity index (χ4v) is 9.31. The van der Waals surface area contributed by atoms with Crippen LogP contribution in [0.5, 0.6) is 17.2 Å². The van der Waals surface area contributed by atoms with Crippen molar-refractivity contribution < 1.29 is 69.1 Å². The van der Waals surface area contributed by atoms with E-state index in [2.05, 4.69) is 124 Å². The summed E-state index contributed by atoms with van der Waals surface area (Å²) in [5.74, 6) is -0.655. The second kappa shape index (κ2) is 38.3. The number of carbonyl (C=O) groups excluding carboxylic acids is 6.